The van der Waals surface area contributed by atoms with Gasteiger partial charge in [-0.15, -0.1) is 0 Å². The second-order valence-corrected chi connectivity index (χ2v) is 3.88. The van der Waals surface area contributed by atoms with Crippen LogP contribution in [0.4, 0.5) is 0 Å². The molecule has 2 heteroatoms. The number of hydrogen-bond donors (Lipinski definition) is 0. The normalized spacial score (nSPS) is 12.9. The van der Waals surface area contributed by atoms with Gasteiger partial charge in [-0.2, -0.15) is 0 Å². The zero-order valence-corrected chi connectivity index (χ0v) is 9.10. The lowest BCUT2D eigenvalue weighted by atomic mass is 10.2. The van der Waals surface area contributed by atoms with Crippen molar-refractivity contribution in [3.8, 4) is 0 Å². The van der Waals surface area contributed by atoms with Gasteiger partial charge >= 0.3 is 0 Å². The molecule has 0 saturated heterocycles. The largest absolute Gasteiger partial charge is 0.344 e. The third kappa shape index (κ3) is 1.56. The maximum atomic E-state index is 10.9. The quantitative estimate of drug-likeness (QED) is 0.697. The van der Waals surface area contributed by atoms with Crippen LogP contribution in [0.25, 0.3) is 10.9 Å². The zero-order valence-electron chi connectivity index (χ0n) is 9.10. The number of para-hydroxylation sites is 1. The minimum absolute atomic E-state index is 0.434. The number of aromatic nitrogens is 1. The molecule has 2 nitrogen and oxygen atoms in total. The summed E-state index contributed by atoms with van der Waals surface area (Å²) in [6.07, 6.45) is 3.95. The maximum Gasteiger partial charge on any atom is 0.152 e. The molecular weight excluding hydrogens is 186 g/mol. The van der Waals surface area contributed by atoms with Gasteiger partial charge in [-0.3, -0.25) is 4.79 Å². The minimum atomic E-state index is 0.434. The molecule has 0 saturated carbocycles. The monoisotopic (exact) mass is 201 g/mol. The molecular formula is C13H15NO. The van der Waals surface area contributed by atoms with Crippen LogP contribution in [0.2, 0.25) is 0 Å². The first-order valence-electron chi connectivity index (χ1n) is 5.32. The van der Waals surface area contributed by atoms with E-state index in [1.165, 1.54) is 0 Å². The van der Waals surface area contributed by atoms with E-state index in [9.17, 15) is 4.79 Å². The van der Waals surface area contributed by atoms with E-state index in [0.717, 1.165) is 29.2 Å². The molecule has 0 N–H and O–H groups in total. The molecule has 1 aromatic carbocycles. The summed E-state index contributed by atoms with van der Waals surface area (Å²) in [5.41, 5.74) is 1.93. The van der Waals surface area contributed by atoms with E-state index >= 15 is 0 Å². The summed E-state index contributed by atoms with van der Waals surface area (Å²) < 4.78 is 2.18. The molecule has 78 valence electrons. The fourth-order valence-electron chi connectivity index (χ4n) is 1.89. The molecule has 0 aliphatic heterocycles. The van der Waals surface area contributed by atoms with Crippen LogP contribution in [0.3, 0.4) is 0 Å². The summed E-state index contributed by atoms with van der Waals surface area (Å²) >= 11 is 0. The van der Waals surface area contributed by atoms with Gasteiger partial charge in [0.2, 0.25) is 0 Å². The van der Waals surface area contributed by atoms with Gasteiger partial charge in [0.25, 0.3) is 0 Å². The number of fused-ring (bicyclic) bond motifs is 1. The van der Waals surface area contributed by atoms with Crippen molar-refractivity contribution in [3.63, 3.8) is 0 Å². The number of aldehydes is 1. The Morgan fingerprint density at radius 1 is 1.40 bits per heavy atom. The first kappa shape index (κ1) is 9.97. The third-order valence-electron chi connectivity index (χ3n) is 2.96. The summed E-state index contributed by atoms with van der Waals surface area (Å²) in [5, 5.41) is 1.05. The molecule has 0 amide bonds. The van der Waals surface area contributed by atoms with Crippen LogP contribution in [0, 0.1) is 0 Å². The maximum absolute atomic E-state index is 10.9. The fraction of sp³-hybridized carbons (Fsp3) is 0.308. The van der Waals surface area contributed by atoms with Crippen molar-refractivity contribution in [2.24, 2.45) is 0 Å². The zero-order chi connectivity index (χ0) is 10.8. The summed E-state index contributed by atoms with van der Waals surface area (Å²) in [4.78, 5) is 10.9. The molecule has 2 rings (SSSR count). The van der Waals surface area contributed by atoms with Crippen molar-refractivity contribution in [2.75, 3.05) is 0 Å². The van der Waals surface area contributed by atoms with E-state index in [1.54, 1.807) is 0 Å². The fourth-order valence-corrected chi connectivity index (χ4v) is 1.89. The Kier molecular flexibility index (Phi) is 2.58. The minimum Gasteiger partial charge on any atom is -0.344 e. The van der Waals surface area contributed by atoms with E-state index in [4.69, 9.17) is 0 Å². The Labute approximate surface area is 89.5 Å². The van der Waals surface area contributed by atoms with Crippen LogP contribution >= 0.6 is 0 Å². The third-order valence-corrected chi connectivity index (χ3v) is 2.96. The van der Waals surface area contributed by atoms with Crippen LogP contribution in [0.15, 0.2) is 30.5 Å². The van der Waals surface area contributed by atoms with Crippen molar-refractivity contribution in [3.05, 3.63) is 36.0 Å². The van der Waals surface area contributed by atoms with Gasteiger partial charge < -0.3 is 4.57 Å². The summed E-state index contributed by atoms with van der Waals surface area (Å²) in [7, 11) is 0. The van der Waals surface area contributed by atoms with Crippen molar-refractivity contribution in [2.45, 2.75) is 26.3 Å². The van der Waals surface area contributed by atoms with Gasteiger partial charge in [-0.25, -0.2) is 0 Å². The van der Waals surface area contributed by atoms with Crippen LogP contribution in [0.5, 0.6) is 0 Å². The average Bonchev–Trinajstić information content (AvgIpc) is 2.67. The molecule has 0 unspecified atom stereocenters. The number of benzene rings is 1. The van der Waals surface area contributed by atoms with E-state index in [2.05, 4.69) is 24.5 Å². The van der Waals surface area contributed by atoms with E-state index in [-0.39, 0.29) is 0 Å². The highest BCUT2D eigenvalue weighted by Gasteiger charge is 2.10. The second kappa shape index (κ2) is 3.89. The van der Waals surface area contributed by atoms with Gasteiger partial charge in [0.15, 0.2) is 6.29 Å². The van der Waals surface area contributed by atoms with Crippen molar-refractivity contribution >= 4 is 17.2 Å². The number of carbonyl (C=O) groups excluding carboxylic acids is 1. The Morgan fingerprint density at radius 3 is 2.80 bits per heavy atom. The van der Waals surface area contributed by atoms with Gasteiger partial charge in [-0.1, -0.05) is 25.1 Å². The number of carbonyl (C=O) groups is 1. The summed E-state index contributed by atoms with van der Waals surface area (Å²) in [6.45, 7) is 4.32. The van der Waals surface area contributed by atoms with Crippen LogP contribution < -0.4 is 0 Å². The van der Waals surface area contributed by atoms with Crippen molar-refractivity contribution in [1.29, 1.82) is 0 Å². The molecule has 0 aliphatic rings. The number of rotatable bonds is 3. The van der Waals surface area contributed by atoms with E-state index in [1.807, 2.05) is 24.4 Å². The molecule has 15 heavy (non-hydrogen) atoms. The molecule has 0 aliphatic carbocycles. The molecule has 2 aromatic rings. The smallest absolute Gasteiger partial charge is 0.152 e. The Balaban J connectivity index is 2.70. The SMILES string of the molecule is CC[C@@H](C)n1cc(C=O)c2ccccc21. The molecule has 0 spiro atoms. The lowest BCUT2D eigenvalue weighted by molar-refractivity contribution is 0.112. The lowest BCUT2D eigenvalue weighted by Crippen LogP contribution is -2.01. The molecule has 1 atom stereocenters. The van der Waals surface area contributed by atoms with E-state index in [0.29, 0.717) is 6.04 Å². The Morgan fingerprint density at radius 2 is 2.13 bits per heavy atom. The predicted molar refractivity (Wildman–Crippen MR) is 62.3 cm³/mol. The molecule has 1 heterocycles. The number of nitrogens with zero attached hydrogens (tertiary/aromatic N) is 1. The van der Waals surface area contributed by atoms with E-state index < -0.39 is 0 Å². The highest BCUT2D eigenvalue weighted by molar-refractivity contribution is 5.97. The van der Waals surface area contributed by atoms with Crippen LogP contribution in [0.1, 0.15) is 36.7 Å². The first-order chi connectivity index (χ1) is 7.27. The number of hydrogen-bond acceptors (Lipinski definition) is 1. The second-order valence-electron chi connectivity index (χ2n) is 3.88. The molecule has 1 aromatic heterocycles. The summed E-state index contributed by atoms with van der Waals surface area (Å²) in [6, 6.07) is 8.47. The Hall–Kier alpha value is -1.57. The molecule has 0 bridgehead atoms. The van der Waals surface area contributed by atoms with Gasteiger partial charge in [0.1, 0.15) is 0 Å². The van der Waals surface area contributed by atoms with Crippen molar-refractivity contribution in [1.82, 2.24) is 4.57 Å². The predicted octanol–water partition coefficient (Wildman–Crippen LogP) is 3.42. The average molecular weight is 201 g/mol. The standard InChI is InChI=1S/C13H15NO/c1-3-10(2)14-8-11(9-15)12-6-4-5-7-13(12)14/h4-10H,3H2,1-2H3/t10-/m1/s1. The summed E-state index contributed by atoms with van der Waals surface area (Å²) in [5.74, 6) is 0. The van der Waals surface area contributed by atoms with Gasteiger partial charge in [-0.05, 0) is 19.4 Å². The topological polar surface area (TPSA) is 22.0 Å². The Bertz CT molecular complexity index is 484. The highest BCUT2D eigenvalue weighted by atomic mass is 16.1. The van der Waals surface area contributed by atoms with Crippen molar-refractivity contribution < 1.29 is 4.79 Å². The highest BCUT2D eigenvalue weighted by Crippen LogP contribution is 2.24. The molecule has 0 fully saturated rings. The van der Waals surface area contributed by atoms with Gasteiger partial charge in [0, 0.05) is 28.7 Å². The first-order valence-corrected chi connectivity index (χ1v) is 5.32. The lowest BCUT2D eigenvalue weighted by Gasteiger charge is -2.12. The van der Waals surface area contributed by atoms with Crippen LogP contribution in [-0.2, 0) is 0 Å². The molecule has 0 radical (unpaired) electrons. The van der Waals surface area contributed by atoms with Gasteiger partial charge in [0.05, 0.1) is 0 Å². The van der Waals surface area contributed by atoms with Crippen LogP contribution in [-0.4, -0.2) is 10.9 Å².